The molecule has 0 spiro atoms. The van der Waals surface area contributed by atoms with Gasteiger partial charge in [0.05, 0.1) is 25.3 Å². The number of rotatable bonds is 20. The highest BCUT2D eigenvalue weighted by atomic mass is 16.5. The van der Waals surface area contributed by atoms with Gasteiger partial charge < -0.3 is 34.8 Å². The largest absolute Gasteiger partial charge is 0.498 e. The fraction of sp³-hybridized carbons (Fsp3) is 0.394. The fourth-order valence-corrected chi connectivity index (χ4v) is 5.05. The van der Waals surface area contributed by atoms with E-state index in [0.29, 0.717) is 62.5 Å². The molecule has 2 aromatic rings. The number of nitrogens with one attached hydrogen (secondary N) is 1. The van der Waals surface area contributed by atoms with E-state index < -0.39 is 6.09 Å². The average molecular weight is 594 g/mol. The summed E-state index contributed by atoms with van der Waals surface area (Å²) < 4.78 is 28.1. The van der Waals surface area contributed by atoms with Gasteiger partial charge in [0.2, 0.25) is 5.91 Å². The average Bonchev–Trinajstić information content (AvgIpc) is 3.33. The molecular weight excluding hydrogens is 552 g/mol. The molecule has 1 atom stereocenters. The third-order valence-corrected chi connectivity index (χ3v) is 6.98. The molecule has 1 aliphatic carbocycles. The summed E-state index contributed by atoms with van der Waals surface area (Å²) in [7, 11) is 1.55. The van der Waals surface area contributed by atoms with Crippen molar-refractivity contribution < 1.29 is 39.5 Å². The van der Waals surface area contributed by atoms with E-state index in [0.717, 1.165) is 34.1 Å². The van der Waals surface area contributed by atoms with Gasteiger partial charge in [0.25, 0.3) is 0 Å². The third-order valence-electron chi connectivity index (χ3n) is 6.98. The number of ketones is 1. The molecule has 0 saturated carbocycles. The Balaban J connectivity index is 1.68. The van der Waals surface area contributed by atoms with Gasteiger partial charge in [-0.3, -0.25) is 9.59 Å². The van der Waals surface area contributed by atoms with Crippen LogP contribution in [-0.4, -0.2) is 64.2 Å². The number of carbonyl (C=O) groups excluding carboxylic acids is 4. The van der Waals surface area contributed by atoms with Crippen molar-refractivity contribution in [2.24, 2.45) is 5.73 Å². The lowest BCUT2D eigenvalue weighted by atomic mass is 9.93. The number of benzene rings is 2. The SMILES string of the molecule is [2H]NC(=O)OCC1c2cc(CCCC(=O)NCCOC(=C)COC)ccc2-c2c(C(=O)CCCOC(=C)CC=O)cccc21. The Hall–Kier alpha value is -4.44. The van der Waals surface area contributed by atoms with E-state index in [1.807, 2.05) is 30.3 Å². The zero-order valence-electron chi connectivity index (χ0n) is 25.6. The molecule has 1 aliphatic rings. The second-order valence-electron chi connectivity index (χ2n) is 10.2. The number of nitrogens with two attached hydrogens (primary N) is 1. The number of allylic oxidation sites excluding steroid dienone is 1. The van der Waals surface area contributed by atoms with E-state index in [1.165, 1.54) is 0 Å². The summed E-state index contributed by atoms with van der Waals surface area (Å²) in [6.45, 7) is 8.67. The predicted octanol–water partition coefficient (Wildman–Crippen LogP) is 4.59. The lowest BCUT2D eigenvalue weighted by Gasteiger charge is -2.14. The number of carbonyl (C=O) groups is 4. The van der Waals surface area contributed by atoms with Crippen LogP contribution in [0.15, 0.2) is 61.1 Å². The number of Topliss-reactive ketones (excluding diaryl/α,β-unsaturated/α-hetero) is 1. The second-order valence-corrected chi connectivity index (χ2v) is 10.2. The minimum Gasteiger partial charge on any atom is -0.498 e. The molecular formula is C33H40N2O8. The Labute approximate surface area is 253 Å². The first-order chi connectivity index (χ1) is 21.3. The Morgan fingerprint density at radius 2 is 1.84 bits per heavy atom. The summed E-state index contributed by atoms with van der Waals surface area (Å²) in [5.74, 6) is 0.425. The quantitative estimate of drug-likeness (QED) is 0.0982. The highest BCUT2D eigenvalue weighted by molar-refractivity contribution is 6.04. The van der Waals surface area contributed by atoms with Crippen LogP contribution in [-0.2, 0) is 35.0 Å². The third kappa shape index (κ3) is 9.82. The molecule has 10 heteroatoms. The van der Waals surface area contributed by atoms with Crippen LogP contribution in [0.1, 0.15) is 65.1 Å². The monoisotopic (exact) mass is 593 g/mol. The highest BCUT2D eigenvalue weighted by Gasteiger charge is 2.33. The maximum absolute atomic E-state index is 13.3. The maximum Gasteiger partial charge on any atom is 0.404 e. The topological polar surface area (TPSA) is 143 Å². The normalized spacial score (nSPS) is 13.1. The number of aryl methyl sites for hydroxylation is 1. The summed E-state index contributed by atoms with van der Waals surface area (Å²) in [5.41, 5.74) is 6.79. The molecule has 2 aromatic carbocycles. The molecule has 0 aromatic heterocycles. The van der Waals surface area contributed by atoms with Crippen molar-refractivity contribution in [3.05, 3.63) is 83.3 Å². The molecule has 2 amide bonds. The van der Waals surface area contributed by atoms with Crippen LogP contribution in [0, 0.1) is 0 Å². The molecule has 3 rings (SSSR count). The van der Waals surface area contributed by atoms with Crippen molar-refractivity contribution in [1.82, 2.24) is 5.32 Å². The van der Waals surface area contributed by atoms with Crippen LogP contribution in [0.4, 0.5) is 4.79 Å². The van der Waals surface area contributed by atoms with Gasteiger partial charge in [-0.25, -0.2) is 4.79 Å². The Kier molecular flexibility index (Phi) is 12.4. The number of hydrogen-bond donors (Lipinski definition) is 2. The lowest BCUT2D eigenvalue weighted by Crippen LogP contribution is -2.27. The second kappa shape index (κ2) is 16.9. The van der Waals surface area contributed by atoms with Gasteiger partial charge in [0.1, 0.15) is 31.9 Å². The minimum absolute atomic E-state index is 0.000223. The Bertz CT molecular complexity index is 1360. The number of primary amides is 1. The molecule has 230 valence electrons. The van der Waals surface area contributed by atoms with E-state index in [2.05, 4.69) is 18.5 Å². The highest BCUT2D eigenvalue weighted by Crippen LogP contribution is 2.47. The summed E-state index contributed by atoms with van der Waals surface area (Å²) in [6.07, 6.45) is 2.31. The van der Waals surface area contributed by atoms with Crippen molar-refractivity contribution in [1.29, 1.82) is 0 Å². The Morgan fingerprint density at radius 3 is 2.60 bits per heavy atom. The minimum atomic E-state index is -0.862. The first-order valence-corrected chi connectivity index (χ1v) is 14.2. The summed E-state index contributed by atoms with van der Waals surface area (Å²) in [4.78, 5) is 48.0. The van der Waals surface area contributed by atoms with Gasteiger partial charge in [0.15, 0.2) is 7.20 Å². The summed E-state index contributed by atoms with van der Waals surface area (Å²) in [5, 5.41) is 2.83. The number of fused-ring (bicyclic) bond motifs is 3. The molecule has 0 radical (unpaired) electrons. The standard InChI is InChI=1S/C33H40N2O8/c1-22(14-16-36)41-17-6-10-30(37)27-9-5-8-25-29(21-43-33(34)39)28-19-24(12-13-26(28)32(25)27)7-4-11-31(38)35-15-18-42-23(2)20-40-3/h5,8-9,12-13,16,19,29H,1-2,4,6-7,10-11,14-15,17-18,20-21H2,3H3,(H2,34,39)(H,35,38)/i/hD. The predicted molar refractivity (Wildman–Crippen MR) is 162 cm³/mol. The molecule has 3 N–H and O–H groups in total. The number of methoxy groups -OCH3 is 1. The number of aldehydes is 1. The fourth-order valence-electron chi connectivity index (χ4n) is 5.05. The van der Waals surface area contributed by atoms with Crippen LogP contribution < -0.4 is 11.0 Å². The number of hydrogen-bond acceptors (Lipinski definition) is 8. The van der Waals surface area contributed by atoms with Crippen molar-refractivity contribution in [2.45, 2.75) is 44.4 Å². The number of amides is 2. The van der Waals surface area contributed by atoms with E-state index in [-0.39, 0.29) is 43.7 Å². The van der Waals surface area contributed by atoms with E-state index in [4.69, 9.17) is 20.4 Å². The van der Waals surface area contributed by atoms with Gasteiger partial charge in [0, 0.05) is 31.4 Å². The molecule has 43 heavy (non-hydrogen) atoms. The van der Waals surface area contributed by atoms with Gasteiger partial charge in [-0.15, -0.1) is 0 Å². The van der Waals surface area contributed by atoms with Gasteiger partial charge >= 0.3 is 6.09 Å². The molecule has 0 fully saturated rings. The first-order valence-electron chi connectivity index (χ1n) is 14.7. The van der Waals surface area contributed by atoms with Crippen LogP contribution in [0.5, 0.6) is 0 Å². The van der Waals surface area contributed by atoms with Crippen LogP contribution in [0.3, 0.4) is 0 Å². The smallest absolute Gasteiger partial charge is 0.404 e. The van der Waals surface area contributed by atoms with Gasteiger partial charge in [-0.05, 0) is 47.1 Å². The maximum atomic E-state index is 13.3. The van der Waals surface area contributed by atoms with Crippen molar-refractivity contribution >= 4 is 24.1 Å². The first kappa shape index (κ1) is 31.5. The molecule has 0 saturated heterocycles. The molecule has 0 bridgehead atoms. The van der Waals surface area contributed by atoms with Crippen molar-refractivity contribution in [2.75, 3.05) is 40.1 Å². The zero-order valence-corrected chi connectivity index (χ0v) is 24.6. The van der Waals surface area contributed by atoms with E-state index >= 15 is 0 Å². The van der Waals surface area contributed by atoms with E-state index in [9.17, 15) is 19.2 Å². The lowest BCUT2D eigenvalue weighted by molar-refractivity contribution is -0.121. The van der Waals surface area contributed by atoms with Crippen molar-refractivity contribution in [3.8, 4) is 11.1 Å². The summed E-state index contributed by atoms with van der Waals surface area (Å²) in [6, 6.07) is 11.5. The van der Waals surface area contributed by atoms with Crippen LogP contribution in [0.25, 0.3) is 11.1 Å². The molecule has 0 heterocycles. The zero-order chi connectivity index (χ0) is 31.9. The van der Waals surface area contributed by atoms with Crippen LogP contribution in [0.2, 0.25) is 1.41 Å². The number of ether oxygens (including phenoxy) is 4. The van der Waals surface area contributed by atoms with Gasteiger partial charge in [-0.2, -0.15) is 0 Å². The van der Waals surface area contributed by atoms with E-state index in [1.54, 1.807) is 18.9 Å². The van der Waals surface area contributed by atoms with Crippen molar-refractivity contribution in [3.63, 3.8) is 0 Å². The Morgan fingerprint density at radius 1 is 1.02 bits per heavy atom. The summed E-state index contributed by atoms with van der Waals surface area (Å²) >= 11 is 0. The van der Waals surface area contributed by atoms with Crippen LogP contribution >= 0.6 is 0 Å². The molecule has 0 aliphatic heterocycles. The van der Waals surface area contributed by atoms with Gasteiger partial charge in [-0.1, -0.05) is 49.6 Å². The molecule has 10 nitrogen and oxygen atoms in total. The molecule has 1 unspecified atom stereocenters.